The second kappa shape index (κ2) is 7.29. The topological polar surface area (TPSA) is 48.8 Å². The lowest BCUT2D eigenvalue weighted by molar-refractivity contribution is -0.133. The van der Waals surface area contributed by atoms with Crippen molar-refractivity contribution in [3.05, 3.63) is 71.4 Å². The third kappa shape index (κ3) is 2.99. The molecule has 30 heavy (non-hydrogen) atoms. The monoisotopic (exact) mass is 402 g/mol. The molecule has 3 heterocycles. The number of hydrogen-bond donors (Lipinski definition) is 0. The second-order valence-electron chi connectivity index (χ2n) is 8.32. The van der Waals surface area contributed by atoms with E-state index in [1.807, 2.05) is 48.3 Å². The lowest BCUT2D eigenvalue weighted by Crippen LogP contribution is -2.50. The molecule has 0 unspecified atom stereocenters. The van der Waals surface area contributed by atoms with Gasteiger partial charge in [0.15, 0.2) is 0 Å². The van der Waals surface area contributed by atoms with Crippen molar-refractivity contribution >= 4 is 22.7 Å². The Labute approximate surface area is 176 Å². The number of fused-ring (bicyclic) bond motifs is 2. The van der Waals surface area contributed by atoms with E-state index in [1.165, 1.54) is 0 Å². The quantitative estimate of drug-likeness (QED) is 0.676. The molecule has 1 fully saturated rings. The van der Waals surface area contributed by atoms with E-state index in [2.05, 4.69) is 34.8 Å². The Bertz CT molecular complexity index is 1130. The molecule has 154 valence electrons. The molecule has 2 aliphatic heterocycles. The number of aryl methyl sites for hydroxylation is 1. The lowest BCUT2D eigenvalue weighted by Gasteiger charge is -2.34. The normalized spacial score (nSPS) is 19.5. The van der Waals surface area contributed by atoms with E-state index >= 15 is 0 Å². The summed E-state index contributed by atoms with van der Waals surface area (Å²) in [6.07, 6.45) is 2.10. The van der Waals surface area contributed by atoms with E-state index in [0.29, 0.717) is 18.7 Å². The molecular weight excluding hydrogens is 376 g/mol. The summed E-state index contributed by atoms with van der Waals surface area (Å²) >= 11 is 0. The molecule has 6 nitrogen and oxygen atoms in total. The molecule has 0 radical (unpaired) electrons. The van der Waals surface area contributed by atoms with E-state index in [-0.39, 0.29) is 24.4 Å². The molecule has 0 saturated carbocycles. The molecule has 5 rings (SSSR count). The number of amides is 2. The van der Waals surface area contributed by atoms with E-state index in [4.69, 9.17) is 0 Å². The molecule has 1 saturated heterocycles. The number of aromatic nitrogens is 1. The van der Waals surface area contributed by atoms with Gasteiger partial charge in [0.1, 0.15) is 6.54 Å². The van der Waals surface area contributed by atoms with Crippen LogP contribution in [-0.4, -0.2) is 70.9 Å². The molecule has 2 aliphatic rings. The van der Waals surface area contributed by atoms with Gasteiger partial charge in [-0.15, -0.1) is 0 Å². The van der Waals surface area contributed by atoms with E-state index in [0.717, 1.165) is 35.1 Å². The highest BCUT2D eigenvalue weighted by atomic mass is 16.2. The van der Waals surface area contributed by atoms with Crippen LogP contribution in [0.25, 0.3) is 10.9 Å². The van der Waals surface area contributed by atoms with Gasteiger partial charge >= 0.3 is 0 Å². The Hall–Kier alpha value is -3.12. The van der Waals surface area contributed by atoms with Crippen molar-refractivity contribution in [1.29, 1.82) is 0 Å². The van der Waals surface area contributed by atoms with Crippen LogP contribution in [0.5, 0.6) is 0 Å². The van der Waals surface area contributed by atoms with Crippen molar-refractivity contribution in [2.75, 3.05) is 39.8 Å². The first kappa shape index (κ1) is 18.9. The maximum Gasteiger partial charge on any atom is 0.255 e. The van der Waals surface area contributed by atoms with Gasteiger partial charge in [-0.1, -0.05) is 36.4 Å². The smallest absolute Gasteiger partial charge is 0.255 e. The number of benzene rings is 2. The Morgan fingerprint density at radius 2 is 1.63 bits per heavy atom. The van der Waals surface area contributed by atoms with Crippen LogP contribution in [0.4, 0.5) is 0 Å². The number of piperazine rings is 1. The van der Waals surface area contributed by atoms with Gasteiger partial charge < -0.3 is 19.3 Å². The van der Waals surface area contributed by atoms with Gasteiger partial charge in [0.25, 0.3) is 5.91 Å². The molecule has 0 N–H and O–H groups in total. The summed E-state index contributed by atoms with van der Waals surface area (Å²) in [6, 6.07) is 15.7. The fourth-order valence-corrected chi connectivity index (χ4v) is 4.76. The van der Waals surface area contributed by atoms with Crippen LogP contribution in [0, 0.1) is 0 Å². The number of carbonyl (C=O) groups is 2. The van der Waals surface area contributed by atoms with E-state index < -0.39 is 0 Å². The van der Waals surface area contributed by atoms with Crippen LogP contribution >= 0.6 is 0 Å². The Kier molecular flexibility index (Phi) is 4.59. The van der Waals surface area contributed by atoms with Crippen molar-refractivity contribution in [3.8, 4) is 0 Å². The van der Waals surface area contributed by atoms with E-state index in [9.17, 15) is 9.59 Å². The van der Waals surface area contributed by atoms with Crippen LogP contribution < -0.4 is 0 Å². The summed E-state index contributed by atoms with van der Waals surface area (Å²) in [4.78, 5) is 32.3. The average Bonchev–Trinajstić information content (AvgIpc) is 3.23. The largest absolute Gasteiger partial charge is 0.350 e. The minimum atomic E-state index is -0.254. The van der Waals surface area contributed by atoms with Gasteiger partial charge in [0.05, 0.1) is 6.04 Å². The number of para-hydroxylation sites is 1. The minimum absolute atomic E-state index is 0.0227. The zero-order valence-corrected chi connectivity index (χ0v) is 17.4. The highest BCUT2D eigenvalue weighted by Gasteiger charge is 2.40. The number of nitrogens with zero attached hydrogens (tertiary/aromatic N) is 4. The summed E-state index contributed by atoms with van der Waals surface area (Å²) in [7, 11) is 4.09. The van der Waals surface area contributed by atoms with Gasteiger partial charge in [-0.05, 0) is 24.7 Å². The highest BCUT2D eigenvalue weighted by molar-refractivity contribution is 6.02. The predicted octanol–water partition coefficient (Wildman–Crippen LogP) is 2.50. The minimum Gasteiger partial charge on any atom is -0.350 e. The fraction of sp³-hybridized carbons (Fsp3) is 0.333. The van der Waals surface area contributed by atoms with Crippen LogP contribution in [-0.2, 0) is 11.8 Å². The second-order valence-corrected chi connectivity index (χ2v) is 8.32. The first-order valence-electron chi connectivity index (χ1n) is 10.4. The summed E-state index contributed by atoms with van der Waals surface area (Å²) < 4.78 is 2.09. The molecule has 1 atom stereocenters. The van der Waals surface area contributed by atoms with Gasteiger partial charge in [-0.3, -0.25) is 9.59 Å². The van der Waals surface area contributed by atoms with Gasteiger partial charge in [-0.2, -0.15) is 0 Å². The third-order valence-electron chi connectivity index (χ3n) is 6.44. The van der Waals surface area contributed by atoms with Crippen molar-refractivity contribution < 1.29 is 9.59 Å². The molecule has 3 aromatic rings. The fourth-order valence-electron chi connectivity index (χ4n) is 4.76. The standard InChI is InChI=1S/C24H26N4O2/c1-25-11-13-27(14-12-25)22(29)16-28-23(18-8-3-4-9-19(18)24(28)30)20-15-26(2)21-10-6-5-7-17(20)21/h3-10,15,23H,11-14,16H2,1-2H3/t23-/m1/s1. The SMILES string of the molecule is CN1CCN(C(=O)CN2C(=O)c3ccccc3[C@@H]2c2cn(C)c3ccccc23)CC1. The zero-order chi connectivity index (χ0) is 20.8. The molecule has 0 bridgehead atoms. The Morgan fingerprint density at radius 3 is 2.43 bits per heavy atom. The van der Waals surface area contributed by atoms with Crippen LogP contribution in [0.15, 0.2) is 54.7 Å². The maximum absolute atomic E-state index is 13.3. The number of rotatable bonds is 3. The molecule has 0 aliphatic carbocycles. The van der Waals surface area contributed by atoms with Crippen molar-refractivity contribution in [2.45, 2.75) is 6.04 Å². The molecular formula is C24H26N4O2. The predicted molar refractivity (Wildman–Crippen MR) is 116 cm³/mol. The summed E-state index contributed by atoms with van der Waals surface area (Å²) in [6.45, 7) is 3.26. The molecule has 0 spiro atoms. The molecule has 2 amide bonds. The number of carbonyl (C=O) groups excluding carboxylic acids is 2. The van der Waals surface area contributed by atoms with Crippen LogP contribution in [0.3, 0.4) is 0 Å². The van der Waals surface area contributed by atoms with Gasteiger partial charge in [-0.25, -0.2) is 0 Å². The van der Waals surface area contributed by atoms with Crippen molar-refractivity contribution in [2.24, 2.45) is 7.05 Å². The number of hydrogen-bond acceptors (Lipinski definition) is 3. The van der Waals surface area contributed by atoms with E-state index in [1.54, 1.807) is 4.90 Å². The first-order chi connectivity index (χ1) is 14.5. The first-order valence-corrected chi connectivity index (χ1v) is 10.4. The summed E-state index contributed by atoms with van der Waals surface area (Å²) in [5.74, 6) is -0.0412. The van der Waals surface area contributed by atoms with Gasteiger partial charge in [0, 0.05) is 61.5 Å². The third-order valence-corrected chi connectivity index (χ3v) is 6.44. The van der Waals surface area contributed by atoms with Crippen molar-refractivity contribution in [1.82, 2.24) is 19.3 Å². The maximum atomic E-state index is 13.3. The molecule has 2 aromatic carbocycles. The number of likely N-dealkylation sites (N-methyl/N-ethyl adjacent to an activating group) is 1. The summed E-state index contributed by atoms with van der Waals surface area (Å²) in [5, 5.41) is 1.12. The summed E-state index contributed by atoms with van der Waals surface area (Å²) in [5.41, 5.74) is 3.86. The lowest BCUT2D eigenvalue weighted by atomic mass is 9.97. The van der Waals surface area contributed by atoms with Crippen molar-refractivity contribution in [3.63, 3.8) is 0 Å². The highest BCUT2D eigenvalue weighted by Crippen LogP contribution is 2.41. The molecule has 6 heteroatoms. The van der Waals surface area contributed by atoms with Gasteiger partial charge in [0.2, 0.25) is 5.91 Å². The van der Waals surface area contributed by atoms with Crippen LogP contribution in [0.2, 0.25) is 0 Å². The Morgan fingerprint density at radius 1 is 0.933 bits per heavy atom. The van der Waals surface area contributed by atoms with Crippen LogP contribution in [0.1, 0.15) is 27.5 Å². The average molecular weight is 402 g/mol. The Balaban J connectivity index is 1.54. The molecule has 1 aromatic heterocycles. The zero-order valence-electron chi connectivity index (χ0n) is 17.4.